The Morgan fingerprint density at radius 3 is 2.81 bits per heavy atom. The molecule has 8 heteroatoms. The lowest BCUT2D eigenvalue weighted by atomic mass is 10.1. The molecule has 2 aromatic rings. The molecule has 0 aliphatic carbocycles. The third-order valence-corrected chi connectivity index (χ3v) is 6.43. The van der Waals surface area contributed by atoms with Crippen molar-refractivity contribution in [3.05, 3.63) is 31.3 Å². The van der Waals surface area contributed by atoms with Gasteiger partial charge in [-0.25, -0.2) is 9.89 Å². The van der Waals surface area contributed by atoms with Gasteiger partial charge >= 0.3 is 5.69 Å². The highest BCUT2D eigenvalue weighted by atomic mass is 79.9. The van der Waals surface area contributed by atoms with Crippen molar-refractivity contribution in [1.82, 2.24) is 14.8 Å². The van der Waals surface area contributed by atoms with Gasteiger partial charge in [-0.2, -0.15) is 0 Å². The third kappa shape index (κ3) is 3.80. The van der Waals surface area contributed by atoms with Crippen LogP contribution in [-0.4, -0.2) is 20.8 Å². The lowest BCUT2D eigenvalue weighted by Gasteiger charge is -2.21. The molecule has 2 atom stereocenters. The van der Waals surface area contributed by atoms with Gasteiger partial charge in [0.15, 0.2) is 5.16 Å². The van der Waals surface area contributed by atoms with Crippen LogP contribution < -0.4 is 11.4 Å². The molecule has 0 aliphatic heterocycles. The lowest BCUT2D eigenvalue weighted by molar-refractivity contribution is 0.531. The van der Waals surface area contributed by atoms with Crippen LogP contribution in [0.1, 0.15) is 43.4 Å². The van der Waals surface area contributed by atoms with E-state index in [-0.39, 0.29) is 23.0 Å². The number of aromatic amines is 1. The maximum absolute atomic E-state index is 11.8. The average Bonchev–Trinajstić information content (AvgIpc) is 3.01. The second-order valence-electron chi connectivity index (χ2n) is 5.05. The molecule has 0 radical (unpaired) electrons. The predicted molar refractivity (Wildman–Crippen MR) is 92.1 cm³/mol. The Hall–Kier alpha value is -0.570. The van der Waals surface area contributed by atoms with E-state index >= 15 is 0 Å². The van der Waals surface area contributed by atoms with Crippen LogP contribution in [0.3, 0.4) is 0 Å². The fourth-order valence-electron chi connectivity index (χ4n) is 1.99. The van der Waals surface area contributed by atoms with E-state index in [0.717, 1.165) is 10.9 Å². The molecule has 3 N–H and O–H groups in total. The number of nitrogens with two attached hydrogens (primary N) is 1. The number of rotatable bonds is 6. The van der Waals surface area contributed by atoms with Crippen LogP contribution in [0.4, 0.5) is 0 Å². The standard InChI is InChI=1S/C13H19BrN4OS2/c1-4-9(15)11(10-5-8(14)6-20-10)21-13-17-16-12(19)18(13)7(2)3/h5-7,9,11H,4,15H2,1-3H3,(H,16,19). The third-order valence-electron chi connectivity index (χ3n) is 3.15. The first-order valence-corrected chi connectivity index (χ1v) is 9.32. The van der Waals surface area contributed by atoms with E-state index in [1.807, 2.05) is 19.2 Å². The van der Waals surface area contributed by atoms with E-state index in [1.54, 1.807) is 27.7 Å². The van der Waals surface area contributed by atoms with E-state index in [4.69, 9.17) is 5.73 Å². The van der Waals surface area contributed by atoms with Crippen LogP contribution in [0.2, 0.25) is 0 Å². The topological polar surface area (TPSA) is 76.7 Å². The maximum Gasteiger partial charge on any atom is 0.344 e. The SMILES string of the molecule is CCC(N)C(Sc1n[nH]c(=O)n1C(C)C)c1cc(Br)cs1. The van der Waals surface area contributed by atoms with E-state index in [9.17, 15) is 4.79 Å². The number of thioether (sulfide) groups is 1. The number of thiophene rings is 1. The summed E-state index contributed by atoms with van der Waals surface area (Å²) < 4.78 is 2.72. The summed E-state index contributed by atoms with van der Waals surface area (Å²) in [6.45, 7) is 6.01. The molecule has 2 aromatic heterocycles. The summed E-state index contributed by atoms with van der Waals surface area (Å²) in [7, 11) is 0. The van der Waals surface area contributed by atoms with Gasteiger partial charge in [-0.1, -0.05) is 18.7 Å². The molecule has 0 spiro atoms. The minimum Gasteiger partial charge on any atom is -0.326 e. The molecule has 2 heterocycles. The molecule has 2 rings (SSSR count). The second kappa shape index (κ2) is 7.13. The van der Waals surface area contributed by atoms with Crippen molar-refractivity contribution in [3.8, 4) is 0 Å². The fraction of sp³-hybridized carbons (Fsp3) is 0.538. The quantitative estimate of drug-likeness (QED) is 0.739. The van der Waals surface area contributed by atoms with Gasteiger partial charge in [0, 0.05) is 26.8 Å². The molecule has 21 heavy (non-hydrogen) atoms. The molecule has 0 fully saturated rings. The Morgan fingerprint density at radius 1 is 1.57 bits per heavy atom. The Labute approximate surface area is 140 Å². The van der Waals surface area contributed by atoms with Crippen molar-refractivity contribution < 1.29 is 0 Å². The van der Waals surface area contributed by atoms with Crippen molar-refractivity contribution in [2.75, 3.05) is 0 Å². The van der Waals surface area contributed by atoms with Crippen molar-refractivity contribution in [2.45, 2.75) is 49.7 Å². The Bertz CT molecular complexity index is 649. The van der Waals surface area contributed by atoms with Crippen LogP contribution in [-0.2, 0) is 0 Å². The Kier molecular flexibility index (Phi) is 5.70. The van der Waals surface area contributed by atoms with Crippen molar-refractivity contribution in [1.29, 1.82) is 0 Å². The molecule has 0 bridgehead atoms. The summed E-state index contributed by atoms with van der Waals surface area (Å²) in [5, 5.41) is 9.50. The highest BCUT2D eigenvalue weighted by molar-refractivity contribution is 9.10. The smallest absolute Gasteiger partial charge is 0.326 e. The summed E-state index contributed by atoms with van der Waals surface area (Å²) in [6, 6.07) is 2.16. The zero-order valence-corrected chi connectivity index (χ0v) is 15.4. The number of hydrogen-bond acceptors (Lipinski definition) is 5. The lowest BCUT2D eigenvalue weighted by Crippen LogP contribution is -2.26. The maximum atomic E-state index is 11.8. The number of H-pyrrole nitrogens is 1. The molecule has 116 valence electrons. The van der Waals surface area contributed by atoms with Gasteiger partial charge in [0.25, 0.3) is 0 Å². The van der Waals surface area contributed by atoms with Gasteiger partial charge < -0.3 is 5.73 Å². The van der Waals surface area contributed by atoms with E-state index < -0.39 is 0 Å². The summed E-state index contributed by atoms with van der Waals surface area (Å²) >= 11 is 6.70. The first-order valence-electron chi connectivity index (χ1n) is 6.77. The van der Waals surface area contributed by atoms with Crippen LogP contribution in [0.5, 0.6) is 0 Å². The van der Waals surface area contributed by atoms with Crippen LogP contribution in [0, 0.1) is 0 Å². The number of nitrogens with one attached hydrogen (secondary N) is 1. The zero-order chi connectivity index (χ0) is 15.6. The number of halogens is 1. The van der Waals surface area contributed by atoms with Gasteiger partial charge in [0.1, 0.15) is 0 Å². The minimum atomic E-state index is -0.177. The summed E-state index contributed by atoms with van der Waals surface area (Å²) in [5.41, 5.74) is 6.11. The first kappa shape index (κ1) is 16.8. The first-order chi connectivity index (χ1) is 9.93. The van der Waals surface area contributed by atoms with E-state index in [0.29, 0.717) is 5.16 Å². The molecule has 0 saturated carbocycles. The fourth-order valence-corrected chi connectivity index (χ4v) is 5.08. The second-order valence-corrected chi connectivity index (χ2v) is 8.02. The molecule has 5 nitrogen and oxygen atoms in total. The summed E-state index contributed by atoms with van der Waals surface area (Å²) in [6.07, 6.45) is 0.865. The number of hydrogen-bond donors (Lipinski definition) is 2. The average molecular weight is 391 g/mol. The van der Waals surface area contributed by atoms with Gasteiger partial charge in [0.2, 0.25) is 0 Å². The monoisotopic (exact) mass is 390 g/mol. The summed E-state index contributed by atoms with van der Waals surface area (Å²) in [4.78, 5) is 13.0. The summed E-state index contributed by atoms with van der Waals surface area (Å²) in [5.74, 6) is 0. The Morgan fingerprint density at radius 2 is 2.29 bits per heavy atom. The van der Waals surface area contributed by atoms with Gasteiger partial charge in [0.05, 0.1) is 5.25 Å². The highest BCUT2D eigenvalue weighted by Crippen LogP contribution is 2.40. The van der Waals surface area contributed by atoms with Gasteiger partial charge in [-0.15, -0.1) is 16.4 Å². The zero-order valence-electron chi connectivity index (χ0n) is 12.2. The van der Waals surface area contributed by atoms with Gasteiger partial charge in [-0.3, -0.25) is 4.57 Å². The van der Waals surface area contributed by atoms with Crippen molar-refractivity contribution in [3.63, 3.8) is 0 Å². The normalized spacial score (nSPS) is 14.6. The van der Waals surface area contributed by atoms with E-state index in [2.05, 4.69) is 39.1 Å². The number of aromatic nitrogens is 3. The van der Waals surface area contributed by atoms with Crippen molar-refractivity contribution in [2.24, 2.45) is 5.73 Å². The number of nitrogens with zero attached hydrogens (tertiary/aromatic N) is 2. The van der Waals surface area contributed by atoms with Crippen LogP contribution >= 0.6 is 39.0 Å². The molecule has 0 saturated heterocycles. The molecule has 0 aromatic carbocycles. The minimum absolute atomic E-state index is 0.00737. The molecule has 0 aliphatic rings. The molecule has 2 unspecified atom stereocenters. The molecular weight excluding hydrogens is 372 g/mol. The predicted octanol–water partition coefficient (Wildman–Crippen LogP) is 3.55. The largest absolute Gasteiger partial charge is 0.344 e. The van der Waals surface area contributed by atoms with E-state index in [1.165, 1.54) is 4.88 Å². The molecular formula is C13H19BrN4OS2. The highest BCUT2D eigenvalue weighted by Gasteiger charge is 2.25. The van der Waals surface area contributed by atoms with Crippen molar-refractivity contribution >= 4 is 39.0 Å². The molecule has 0 amide bonds. The van der Waals surface area contributed by atoms with Gasteiger partial charge in [-0.05, 0) is 42.3 Å². The Balaban J connectivity index is 2.34. The van der Waals surface area contributed by atoms with Crippen LogP contribution in [0.25, 0.3) is 0 Å². The van der Waals surface area contributed by atoms with Crippen LogP contribution in [0.15, 0.2) is 25.9 Å².